The number of nitrogens with one attached hydrogen (secondary N) is 1. The Labute approximate surface area is 184 Å². The lowest BCUT2D eigenvalue weighted by molar-refractivity contribution is -0.116. The first kappa shape index (κ1) is 23.2. The predicted molar refractivity (Wildman–Crippen MR) is 118 cm³/mol. The van der Waals surface area contributed by atoms with Crippen molar-refractivity contribution >= 4 is 60.7 Å². The summed E-state index contributed by atoms with van der Waals surface area (Å²) in [7, 11) is -3.98. The molecule has 0 saturated heterocycles. The number of likely N-dealkylation sites (N-methyl/N-ethyl adjacent to an activating group) is 1. The number of carbonyl (C=O) groups excluding carboxylic acids is 1. The van der Waals surface area contributed by atoms with Gasteiger partial charge >= 0.3 is 0 Å². The molecular weight excluding hydrogens is 487 g/mol. The highest BCUT2D eigenvalue weighted by atomic mass is 79.9. The molecule has 9 heteroatoms. The van der Waals surface area contributed by atoms with Crippen molar-refractivity contribution in [3.63, 3.8) is 0 Å². The molecule has 2 rings (SSSR count). The van der Waals surface area contributed by atoms with Crippen LogP contribution in [0.15, 0.2) is 39.7 Å². The summed E-state index contributed by atoms with van der Waals surface area (Å²) in [6, 6.07) is 8.04. The smallest absolute Gasteiger partial charge is 0.245 e. The topological polar surface area (TPSA) is 66.5 Å². The van der Waals surface area contributed by atoms with Gasteiger partial charge in [-0.05, 0) is 54.8 Å². The maximum absolute atomic E-state index is 13.0. The lowest BCUT2D eigenvalue weighted by Gasteiger charge is -2.22. The molecule has 0 aliphatic heterocycles. The van der Waals surface area contributed by atoms with E-state index in [1.807, 2.05) is 26.0 Å². The Morgan fingerprint density at radius 2 is 1.86 bits per heavy atom. The molecule has 28 heavy (non-hydrogen) atoms. The first-order chi connectivity index (χ1) is 13.1. The van der Waals surface area contributed by atoms with Gasteiger partial charge in [0, 0.05) is 21.7 Å². The molecule has 0 heterocycles. The average molecular weight is 508 g/mol. The molecule has 0 spiro atoms. The molecule has 152 valence electrons. The Morgan fingerprint density at radius 1 is 1.18 bits per heavy atom. The van der Waals surface area contributed by atoms with E-state index < -0.39 is 15.9 Å². The molecule has 0 bridgehead atoms. The number of halogens is 3. The number of hydrogen-bond donors (Lipinski definition) is 1. The van der Waals surface area contributed by atoms with Gasteiger partial charge in [0.1, 0.15) is 4.90 Å². The van der Waals surface area contributed by atoms with Crippen molar-refractivity contribution in [3.05, 3.63) is 56.0 Å². The zero-order valence-corrected chi connectivity index (χ0v) is 19.6. The van der Waals surface area contributed by atoms with Crippen molar-refractivity contribution < 1.29 is 13.2 Å². The van der Waals surface area contributed by atoms with E-state index in [0.29, 0.717) is 5.69 Å². The fourth-order valence-corrected chi connectivity index (χ4v) is 5.55. The van der Waals surface area contributed by atoms with E-state index in [4.69, 9.17) is 23.2 Å². The molecule has 0 saturated carbocycles. The van der Waals surface area contributed by atoms with Crippen molar-refractivity contribution in [3.8, 4) is 0 Å². The summed E-state index contributed by atoms with van der Waals surface area (Å²) in [6.45, 7) is 5.31. The number of hydrogen-bond acceptors (Lipinski definition) is 3. The number of carbonyl (C=O) groups is 1. The maximum atomic E-state index is 13.0. The largest absolute Gasteiger partial charge is 0.324 e. The molecule has 0 fully saturated rings. The van der Waals surface area contributed by atoms with Crippen LogP contribution in [0.4, 0.5) is 5.69 Å². The second-order valence-electron chi connectivity index (χ2n) is 6.16. The summed E-state index contributed by atoms with van der Waals surface area (Å²) in [4.78, 5) is 12.5. The van der Waals surface area contributed by atoms with Crippen LogP contribution in [0.1, 0.15) is 25.0 Å². The predicted octanol–water partition coefficient (Wildman–Crippen LogP) is 5.28. The van der Waals surface area contributed by atoms with E-state index in [2.05, 4.69) is 21.2 Å². The minimum Gasteiger partial charge on any atom is -0.324 e. The molecule has 0 unspecified atom stereocenters. The minimum atomic E-state index is -3.98. The van der Waals surface area contributed by atoms with Gasteiger partial charge in [0.05, 0.1) is 11.6 Å². The van der Waals surface area contributed by atoms with Crippen LogP contribution in [0.25, 0.3) is 0 Å². The fourth-order valence-electron chi connectivity index (χ4n) is 2.79. The van der Waals surface area contributed by atoms with Gasteiger partial charge in [-0.15, -0.1) is 0 Å². The van der Waals surface area contributed by atoms with E-state index in [0.717, 1.165) is 26.3 Å². The lowest BCUT2D eigenvalue weighted by Crippen LogP contribution is -2.38. The molecular formula is C19H21BrCl2N2O3S. The summed E-state index contributed by atoms with van der Waals surface area (Å²) < 4.78 is 27.9. The van der Waals surface area contributed by atoms with Gasteiger partial charge in [-0.1, -0.05) is 53.0 Å². The zero-order valence-electron chi connectivity index (χ0n) is 15.7. The van der Waals surface area contributed by atoms with Crippen molar-refractivity contribution in [2.45, 2.75) is 32.1 Å². The van der Waals surface area contributed by atoms with Gasteiger partial charge in [0.15, 0.2) is 0 Å². The summed E-state index contributed by atoms with van der Waals surface area (Å²) in [6.07, 6.45) is 0.726. The third-order valence-corrected chi connectivity index (χ3v) is 7.31. The number of amides is 1. The SMILES string of the molecule is CCc1cc(Br)cc(C)c1NC(=O)CN(CC)S(=O)(=O)c1cc(Cl)ccc1Cl. The van der Waals surface area contributed by atoms with Gasteiger partial charge < -0.3 is 5.32 Å². The first-order valence-electron chi connectivity index (χ1n) is 8.64. The molecule has 5 nitrogen and oxygen atoms in total. The Hall–Kier alpha value is -1.12. The highest BCUT2D eigenvalue weighted by Gasteiger charge is 2.28. The number of benzene rings is 2. The van der Waals surface area contributed by atoms with Gasteiger partial charge in [0.25, 0.3) is 0 Å². The zero-order chi connectivity index (χ0) is 21.1. The van der Waals surface area contributed by atoms with Gasteiger partial charge in [-0.25, -0.2) is 8.42 Å². The molecule has 1 amide bonds. The molecule has 1 N–H and O–H groups in total. The van der Waals surface area contributed by atoms with Crippen LogP contribution < -0.4 is 5.32 Å². The Balaban J connectivity index is 2.28. The Morgan fingerprint density at radius 3 is 2.46 bits per heavy atom. The highest BCUT2D eigenvalue weighted by molar-refractivity contribution is 9.10. The van der Waals surface area contributed by atoms with E-state index in [1.54, 1.807) is 6.92 Å². The third-order valence-electron chi connectivity index (χ3n) is 4.21. The Bertz CT molecular complexity index is 997. The van der Waals surface area contributed by atoms with Crippen molar-refractivity contribution in [2.75, 3.05) is 18.4 Å². The third kappa shape index (κ3) is 5.27. The number of rotatable bonds is 7. The number of aryl methyl sites for hydroxylation is 2. The lowest BCUT2D eigenvalue weighted by atomic mass is 10.1. The fraction of sp³-hybridized carbons (Fsp3) is 0.316. The van der Waals surface area contributed by atoms with Crippen LogP contribution >= 0.6 is 39.1 Å². The van der Waals surface area contributed by atoms with Gasteiger partial charge in [0.2, 0.25) is 15.9 Å². The standard InChI is InChI=1S/C19H21BrCl2N2O3S/c1-4-13-9-14(20)8-12(3)19(13)23-18(25)11-24(5-2)28(26,27)17-10-15(21)6-7-16(17)22/h6-10H,4-5,11H2,1-3H3,(H,23,25). The van der Waals surface area contributed by atoms with E-state index in [1.165, 1.54) is 18.2 Å². The van der Waals surface area contributed by atoms with Crippen molar-refractivity contribution in [2.24, 2.45) is 0 Å². The summed E-state index contributed by atoms with van der Waals surface area (Å²) in [5, 5.41) is 3.15. The molecule has 0 aliphatic rings. The molecule has 0 radical (unpaired) electrons. The second kappa shape index (κ2) is 9.59. The van der Waals surface area contributed by atoms with E-state index >= 15 is 0 Å². The quantitative estimate of drug-likeness (QED) is 0.554. The van der Waals surface area contributed by atoms with Crippen LogP contribution in [0.5, 0.6) is 0 Å². The first-order valence-corrected chi connectivity index (χ1v) is 11.6. The molecule has 0 atom stereocenters. The Kier molecular flexibility index (Phi) is 7.93. The van der Waals surface area contributed by atoms with Crippen LogP contribution in [0.3, 0.4) is 0 Å². The minimum absolute atomic E-state index is 0.0558. The monoisotopic (exact) mass is 506 g/mol. The van der Waals surface area contributed by atoms with Crippen molar-refractivity contribution in [1.29, 1.82) is 0 Å². The van der Waals surface area contributed by atoms with Crippen LogP contribution in [0, 0.1) is 6.92 Å². The van der Waals surface area contributed by atoms with Gasteiger partial charge in [-0.3, -0.25) is 4.79 Å². The normalized spacial score (nSPS) is 11.7. The summed E-state index contributed by atoms with van der Waals surface area (Å²) >= 11 is 15.4. The van der Waals surface area contributed by atoms with E-state index in [-0.39, 0.29) is 28.0 Å². The molecule has 0 aromatic heterocycles. The average Bonchev–Trinajstić information content (AvgIpc) is 2.63. The van der Waals surface area contributed by atoms with Gasteiger partial charge in [-0.2, -0.15) is 4.31 Å². The van der Waals surface area contributed by atoms with Crippen LogP contribution in [0.2, 0.25) is 10.0 Å². The number of sulfonamides is 1. The molecule has 0 aliphatic carbocycles. The number of anilines is 1. The van der Waals surface area contributed by atoms with Crippen molar-refractivity contribution in [1.82, 2.24) is 4.31 Å². The van der Waals surface area contributed by atoms with Crippen LogP contribution in [-0.2, 0) is 21.2 Å². The summed E-state index contributed by atoms with van der Waals surface area (Å²) in [5.41, 5.74) is 2.55. The van der Waals surface area contributed by atoms with E-state index in [9.17, 15) is 13.2 Å². The molecule has 2 aromatic carbocycles. The maximum Gasteiger partial charge on any atom is 0.245 e. The molecule has 2 aromatic rings. The number of nitrogens with zero attached hydrogens (tertiary/aromatic N) is 1. The van der Waals surface area contributed by atoms with Crippen LogP contribution in [-0.4, -0.2) is 31.7 Å². The highest BCUT2D eigenvalue weighted by Crippen LogP contribution is 2.29. The second-order valence-corrected chi connectivity index (χ2v) is 9.83. The summed E-state index contributed by atoms with van der Waals surface area (Å²) in [5.74, 6) is -0.427.